The van der Waals surface area contributed by atoms with Gasteiger partial charge in [-0.25, -0.2) is 0 Å². The summed E-state index contributed by atoms with van der Waals surface area (Å²) in [4.78, 5) is 9.53. The monoisotopic (exact) mass is 219 g/mol. The molecule has 3 nitrogen and oxygen atoms in total. The highest BCUT2D eigenvalue weighted by atomic mass is 127. The van der Waals surface area contributed by atoms with Gasteiger partial charge >= 0.3 is 5.95 Å². The number of aromatic nitrogens is 2. The number of nitrogens with one attached hydrogen (secondary N) is 1. The van der Waals surface area contributed by atoms with Crippen LogP contribution in [0.25, 0.3) is 4.85 Å². The molecule has 0 fully saturated rings. The highest BCUT2D eigenvalue weighted by molar-refractivity contribution is 14.1. The summed E-state index contributed by atoms with van der Waals surface area (Å²) in [5, 5.41) is 0. The lowest BCUT2D eigenvalue weighted by molar-refractivity contribution is 1.34. The smallest absolute Gasteiger partial charge is 0.337 e. The Labute approximate surface area is 60.1 Å². The zero-order valence-electron chi connectivity index (χ0n) is 3.85. The number of hydrogen-bond acceptors (Lipinski definition) is 1. The van der Waals surface area contributed by atoms with E-state index in [0.717, 1.165) is 3.70 Å². The van der Waals surface area contributed by atoms with Gasteiger partial charge in [-0.3, -0.25) is 4.98 Å². The maximum absolute atomic E-state index is 6.48. The van der Waals surface area contributed by atoms with Crippen molar-refractivity contribution in [1.29, 1.82) is 0 Å². The lowest BCUT2D eigenvalue weighted by atomic mass is 11.0. The van der Waals surface area contributed by atoms with E-state index in [9.17, 15) is 0 Å². The molecule has 4 heteroatoms. The number of H-pyrrole nitrogens is 1. The van der Waals surface area contributed by atoms with Gasteiger partial charge in [0, 0.05) is 0 Å². The van der Waals surface area contributed by atoms with E-state index in [1.54, 1.807) is 6.20 Å². The summed E-state index contributed by atoms with van der Waals surface area (Å²) in [6.45, 7) is 6.48. The molecule has 0 aliphatic carbocycles. The van der Waals surface area contributed by atoms with E-state index >= 15 is 0 Å². The molecule has 1 rings (SSSR count). The number of rotatable bonds is 0. The number of nitrogens with zero attached hydrogens (tertiary/aromatic N) is 2. The standard InChI is InChI=1S/C4H2IN3/c1-6-4-7-2-3(5)8-4/h2H,(H,7,8). The van der Waals surface area contributed by atoms with Gasteiger partial charge in [0.15, 0.2) is 3.70 Å². The third-order valence-corrected chi connectivity index (χ3v) is 1.19. The second kappa shape index (κ2) is 2.13. The van der Waals surface area contributed by atoms with Crippen LogP contribution in [0.2, 0.25) is 0 Å². The Bertz CT molecular complexity index is 221. The molecule has 40 valence electrons. The Morgan fingerprint density at radius 2 is 2.62 bits per heavy atom. The topological polar surface area (TPSA) is 33.0 Å². The van der Waals surface area contributed by atoms with Crippen molar-refractivity contribution in [3.05, 3.63) is 21.3 Å². The van der Waals surface area contributed by atoms with Crippen LogP contribution in [0.1, 0.15) is 0 Å². The maximum atomic E-state index is 6.48. The van der Waals surface area contributed by atoms with Gasteiger partial charge in [0.2, 0.25) is 0 Å². The molecule has 0 aliphatic rings. The number of aromatic amines is 1. The van der Waals surface area contributed by atoms with Crippen molar-refractivity contribution in [3.63, 3.8) is 0 Å². The molecule has 0 aliphatic heterocycles. The first-order valence-electron chi connectivity index (χ1n) is 1.91. The first-order chi connectivity index (χ1) is 3.83. The van der Waals surface area contributed by atoms with E-state index < -0.39 is 0 Å². The first kappa shape index (κ1) is 5.56. The largest absolute Gasteiger partial charge is 0.397 e. The summed E-state index contributed by atoms with van der Waals surface area (Å²) < 4.78 is 0.897. The fraction of sp³-hybridized carbons (Fsp3) is 0. The van der Waals surface area contributed by atoms with Crippen LogP contribution in [-0.2, 0) is 0 Å². The van der Waals surface area contributed by atoms with E-state index in [0.29, 0.717) is 5.95 Å². The summed E-state index contributed by atoms with van der Waals surface area (Å²) in [6.07, 6.45) is 1.62. The molecule has 1 N–H and O–H groups in total. The minimum Gasteiger partial charge on any atom is -0.397 e. The fourth-order valence-electron chi connectivity index (χ4n) is 0.346. The van der Waals surface area contributed by atoms with Crippen molar-refractivity contribution >= 4 is 28.5 Å². The van der Waals surface area contributed by atoms with Crippen LogP contribution in [-0.4, -0.2) is 9.97 Å². The van der Waals surface area contributed by atoms with Crippen molar-refractivity contribution in [2.45, 2.75) is 0 Å². The van der Waals surface area contributed by atoms with Crippen LogP contribution in [0.5, 0.6) is 0 Å². The van der Waals surface area contributed by atoms with Gasteiger partial charge < -0.3 is 4.85 Å². The quantitative estimate of drug-likeness (QED) is 0.521. The van der Waals surface area contributed by atoms with Crippen LogP contribution in [0, 0.1) is 10.3 Å². The van der Waals surface area contributed by atoms with Crippen molar-refractivity contribution in [1.82, 2.24) is 9.97 Å². The minimum atomic E-state index is 0.356. The summed E-state index contributed by atoms with van der Waals surface area (Å²) in [5.41, 5.74) is 0. The minimum absolute atomic E-state index is 0.356. The van der Waals surface area contributed by atoms with Crippen LogP contribution in [0.4, 0.5) is 5.95 Å². The predicted octanol–water partition coefficient (Wildman–Crippen LogP) is 1.57. The van der Waals surface area contributed by atoms with Gasteiger partial charge in [-0.2, -0.15) is 4.98 Å². The normalized spacial score (nSPS) is 8.50. The van der Waals surface area contributed by atoms with Crippen LogP contribution >= 0.6 is 22.6 Å². The number of hydrogen-bond donors (Lipinski definition) is 1. The zero-order chi connectivity index (χ0) is 5.98. The number of imidazole rings is 1. The second-order valence-electron chi connectivity index (χ2n) is 1.17. The Morgan fingerprint density at radius 1 is 1.88 bits per heavy atom. The van der Waals surface area contributed by atoms with Gasteiger partial charge in [-0.05, 0) is 22.6 Å². The highest BCUT2D eigenvalue weighted by Crippen LogP contribution is 2.06. The van der Waals surface area contributed by atoms with Crippen LogP contribution in [0.15, 0.2) is 6.20 Å². The molecule has 8 heavy (non-hydrogen) atoms. The van der Waals surface area contributed by atoms with Crippen molar-refractivity contribution < 1.29 is 0 Å². The van der Waals surface area contributed by atoms with Gasteiger partial charge in [0.25, 0.3) is 0 Å². The third kappa shape index (κ3) is 0.980. The molecule has 0 atom stereocenters. The zero-order valence-corrected chi connectivity index (χ0v) is 6.01. The molecule has 1 aromatic rings. The van der Waals surface area contributed by atoms with Crippen LogP contribution in [0.3, 0.4) is 0 Å². The average molecular weight is 219 g/mol. The predicted molar refractivity (Wildman–Crippen MR) is 37.6 cm³/mol. The molecule has 0 radical (unpaired) electrons. The van der Waals surface area contributed by atoms with E-state index in [-0.39, 0.29) is 0 Å². The SMILES string of the molecule is [C-]#[N+]c1ncc(I)[nH]1. The van der Waals surface area contributed by atoms with Crippen molar-refractivity contribution in [2.75, 3.05) is 0 Å². The van der Waals surface area contributed by atoms with Crippen molar-refractivity contribution in [2.24, 2.45) is 0 Å². The summed E-state index contributed by atoms with van der Waals surface area (Å²) in [7, 11) is 0. The average Bonchev–Trinajstić information content (AvgIpc) is 2.14. The maximum Gasteiger partial charge on any atom is 0.337 e. The fourth-order valence-corrected chi connectivity index (χ4v) is 0.726. The molecular formula is C4H2IN3. The highest BCUT2D eigenvalue weighted by Gasteiger charge is 1.93. The Balaban J connectivity index is 3.05. The van der Waals surface area contributed by atoms with Gasteiger partial charge in [0.1, 0.15) is 6.20 Å². The molecule has 1 heterocycles. The molecule has 0 unspecified atom stereocenters. The summed E-state index contributed by atoms with van der Waals surface area (Å²) >= 11 is 2.06. The molecule has 0 aromatic carbocycles. The molecule has 1 aromatic heterocycles. The van der Waals surface area contributed by atoms with E-state index in [1.807, 2.05) is 0 Å². The van der Waals surface area contributed by atoms with E-state index in [4.69, 9.17) is 6.57 Å². The molecule has 0 saturated carbocycles. The summed E-state index contributed by atoms with van der Waals surface area (Å²) in [6, 6.07) is 0. The van der Waals surface area contributed by atoms with Crippen molar-refractivity contribution in [3.8, 4) is 0 Å². The molecule has 0 saturated heterocycles. The summed E-state index contributed by atoms with van der Waals surface area (Å²) in [5.74, 6) is 0.356. The molecular weight excluding hydrogens is 217 g/mol. The van der Waals surface area contributed by atoms with E-state index in [1.165, 1.54) is 0 Å². The van der Waals surface area contributed by atoms with E-state index in [2.05, 4.69) is 37.4 Å². The Hall–Kier alpha value is -0.570. The number of halogens is 1. The van der Waals surface area contributed by atoms with Crippen LogP contribution < -0.4 is 0 Å². The second-order valence-corrected chi connectivity index (χ2v) is 2.33. The van der Waals surface area contributed by atoms with Gasteiger partial charge in [0.05, 0.1) is 0 Å². The van der Waals surface area contributed by atoms with Gasteiger partial charge in [-0.15, -0.1) is 6.57 Å². The molecule has 0 amide bonds. The van der Waals surface area contributed by atoms with Gasteiger partial charge in [-0.1, -0.05) is 0 Å². The Kier molecular flexibility index (Phi) is 1.48. The lowest BCUT2D eigenvalue weighted by Crippen LogP contribution is -1.60. The Morgan fingerprint density at radius 3 is 2.88 bits per heavy atom. The third-order valence-electron chi connectivity index (χ3n) is 0.637. The molecule has 0 bridgehead atoms. The molecule has 0 spiro atoms. The first-order valence-corrected chi connectivity index (χ1v) is 2.99. The lowest BCUT2D eigenvalue weighted by Gasteiger charge is -1.72.